The van der Waals surface area contributed by atoms with Crippen LogP contribution >= 0.6 is 0 Å². The van der Waals surface area contributed by atoms with E-state index >= 15 is 0 Å². The average Bonchev–Trinajstić information content (AvgIpc) is 2.87. The number of nitrogens with one attached hydrogen (secondary N) is 1. The highest BCUT2D eigenvalue weighted by atomic mass is 16.3. The van der Waals surface area contributed by atoms with Crippen LogP contribution in [0.5, 0.6) is 0 Å². The van der Waals surface area contributed by atoms with E-state index in [0.29, 0.717) is 35.4 Å². The highest BCUT2D eigenvalue weighted by molar-refractivity contribution is 5.96. The highest BCUT2D eigenvalue weighted by Crippen LogP contribution is 2.40. The van der Waals surface area contributed by atoms with Crippen LogP contribution < -0.4 is 21.4 Å². The quantitative estimate of drug-likeness (QED) is 0.466. The number of hydrogen-bond donors (Lipinski definition) is 2. The summed E-state index contributed by atoms with van der Waals surface area (Å²) in [5, 5.41) is 3.35. The van der Waals surface area contributed by atoms with Crippen molar-refractivity contribution in [3.8, 4) is 22.5 Å². The summed E-state index contributed by atoms with van der Waals surface area (Å²) in [5.74, 6) is 0.482. The van der Waals surface area contributed by atoms with Gasteiger partial charge in [-0.25, -0.2) is 0 Å². The number of fused-ring (bicyclic) bond motifs is 1. The van der Waals surface area contributed by atoms with E-state index in [1.54, 1.807) is 6.07 Å². The van der Waals surface area contributed by atoms with Crippen LogP contribution in [0, 0.1) is 0 Å². The molecule has 6 rings (SSSR count). The lowest BCUT2D eigenvalue weighted by Crippen LogP contribution is -2.47. The molecule has 1 aliphatic carbocycles. The fourth-order valence-electron chi connectivity index (χ4n) is 5.17. The van der Waals surface area contributed by atoms with Gasteiger partial charge in [-0.15, -0.1) is 0 Å². The standard InChI is InChI=1S/C29H27N3O3/c30-29(14-5-15-29)21-12-10-19(11-13-21)25-26(34)22-8-4-9-23(32-17-16-31-24(33)18-32)28(22)35-27(25)20-6-2-1-3-7-20/h1-4,6-13H,5,14-18,30H2,(H,31,33). The molecule has 4 aromatic rings. The second kappa shape index (κ2) is 8.40. The monoisotopic (exact) mass is 465 g/mol. The van der Waals surface area contributed by atoms with Crippen LogP contribution in [0.4, 0.5) is 5.69 Å². The molecule has 2 fully saturated rings. The molecule has 3 N–H and O–H groups in total. The molecule has 176 valence electrons. The van der Waals surface area contributed by atoms with Crippen molar-refractivity contribution in [1.29, 1.82) is 0 Å². The summed E-state index contributed by atoms with van der Waals surface area (Å²) in [7, 11) is 0. The number of rotatable bonds is 4. The van der Waals surface area contributed by atoms with Gasteiger partial charge in [0.2, 0.25) is 11.3 Å². The first kappa shape index (κ1) is 21.6. The summed E-state index contributed by atoms with van der Waals surface area (Å²) in [6.07, 6.45) is 3.11. The first-order valence-electron chi connectivity index (χ1n) is 12.1. The Hall–Kier alpha value is -3.90. The smallest absolute Gasteiger partial charge is 0.239 e. The Balaban J connectivity index is 1.56. The molecule has 0 bridgehead atoms. The number of para-hydroxylation sites is 1. The molecule has 6 heteroatoms. The summed E-state index contributed by atoms with van der Waals surface area (Å²) < 4.78 is 6.57. The normalized spacial score (nSPS) is 17.2. The first-order chi connectivity index (χ1) is 17.0. The molecule has 3 aromatic carbocycles. The highest BCUT2D eigenvalue weighted by Gasteiger charge is 2.34. The van der Waals surface area contributed by atoms with Crippen LogP contribution in [0.2, 0.25) is 0 Å². The van der Waals surface area contributed by atoms with Crippen molar-refractivity contribution in [2.24, 2.45) is 5.73 Å². The summed E-state index contributed by atoms with van der Waals surface area (Å²) in [4.78, 5) is 28.0. The lowest BCUT2D eigenvalue weighted by atomic mass is 9.72. The summed E-state index contributed by atoms with van der Waals surface area (Å²) in [5.41, 5.74) is 10.7. The SMILES string of the molecule is NC1(c2ccc(-c3c(-c4ccccc4)oc4c(N5CCNC(=O)C5)cccc4c3=O)cc2)CCC1. The second-order valence-corrected chi connectivity index (χ2v) is 9.51. The Bertz CT molecular complexity index is 1470. The van der Waals surface area contributed by atoms with Crippen molar-refractivity contribution in [3.05, 3.63) is 88.6 Å². The van der Waals surface area contributed by atoms with E-state index in [9.17, 15) is 9.59 Å². The number of amides is 1. The molecule has 0 radical (unpaired) electrons. The summed E-state index contributed by atoms with van der Waals surface area (Å²) >= 11 is 0. The largest absolute Gasteiger partial charge is 0.453 e. The molecular formula is C29H27N3O3. The molecule has 0 spiro atoms. The maximum atomic E-state index is 14.0. The zero-order chi connectivity index (χ0) is 24.0. The van der Waals surface area contributed by atoms with Crippen LogP contribution in [0.3, 0.4) is 0 Å². The van der Waals surface area contributed by atoms with Gasteiger partial charge in [0.1, 0.15) is 5.76 Å². The third kappa shape index (κ3) is 3.70. The van der Waals surface area contributed by atoms with Crippen LogP contribution in [-0.4, -0.2) is 25.5 Å². The Labute approximate surface area is 203 Å². The van der Waals surface area contributed by atoms with Crippen molar-refractivity contribution in [2.75, 3.05) is 24.5 Å². The number of hydrogen-bond acceptors (Lipinski definition) is 5. The Morgan fingerprint density at radius 1 is 0.886 bits per heavy atom. The predicted molar refractivity (Wildman–Crippen MR) is 138 cm³/mol. The number of piperazine rings is 1. The lowest BCUT2D eigenvalue weighted by molar-refractivity contribution is -0.120. The molecule has 2 aliphatic rings. The van der Waals surface area contributed by atoms with Gasteiger partial charge < -0.3 is 20.4 Å². The fourth-order valence-corrected chi connectivity index (χ4v) is 5.17. The fraction of sp³-hybridized carbons (Fsp3) is 0.241. The van der Waals surface area contributed by atoms with Crippen LogP contribution in [-0.2, 0) is 10.3 Å². The third-order valence-electron chi connectivity index (χ3n) is 7.31. The number of anilines is 1. The average molecular weight is 466 g/mol. The van der Waals surface area contributed by atoms with Crippen molar-refractivity contribution in [1.82, 2.24) is 5.32 Å². The topological polar surface area (TPSA) is 88.6 Å². The van der Waals surface area contributed by atoms with Gasteiger partial charge in [0.25, 0.3) is 0 Å². The van der Waals surface area contributed by atoms with Gasteiger partial charge in [-0.1, -0.05) is 60.7 Å². The van der Waals surface area contributed by atoms with Gasteiger partial charge >= 0.3 is 0 Å². The second-order valence-electron chi connectivity index (χ2n) is 9.51. The van der Waals surface area contributed by atoms with Crippen molar-refractivity contribution in [3.63, 3.8) is 0 Å². The number of nitrogens with two attached hydrogens (primary N) is 1. The maximum Gasteiger partial charge on any atom is 0.239 e. The molecule has 0 unspecified atom stereocenters. The molecule has 1 aliphatic heterocycles. The minimum absolute atomic E-state index is 0.0419. The third-order valence-corrected chi connectivity index (χ3v) is 7.31. The van der Waals surface area contributed by atoms with E-state index < -0.39 is 0 Å². The Morgan fingerprint density at radius 2 is 1.66 bits per heavy atom. The van der Waals surface area contributed by atoms with Gasteiger partial charge in [0, 0.05) is 24.2 Å². The molecule has 2 heterocycles. The van der Waals surface area contributed by atoms with Gasteiger partial charge in [-0.3, -0.25) is 9.59 Å². The van der Waals surface area contributed by atoms with E-state index in [1.165, 1.54) is 0 Å². The molecular weight excluding hydrogens is 438 g/mol. The zero-order valence-corrected chi connectivity index (χ0v) is 19.4. The van der Waals surface area contributed by atoms with Crippen LogP contribution in [0.15, 0.2) is 82.0 Å². The molecule has 6 nitrogen and oxygen atoms in total. The van der Waals surface area contributed by atoms with Crippen molar-refractivity contribution < 1.29 is 9.21 Å². The maximum absolute atomic E-state index is 14.0. The number of carbonyl (C=O) groups is 1. The number of nitrogens with zero attached hydrogens (tertiary/aromatic N) is 1. The summed E-state index contributed by atoms with van der Waals surface area (Å²) in [6.45, 7) is 1.44. The number of carbonyl (C=O) groups excluding carboxylic acids is 1. The molecule has 1 saturated heterocycles. The molecule has 1 aromatic heterocycles. The van der Waals surface area contributed by atoms with Gasteiger partial charge in [0.15, 0.2) is 5.58 Å². The van der Waals surface area contributed by atoms with E-state index in [1.807, 2.05) is 71.6 Å². The van der Waals surface area contributed by atoms with Gasteiger partial charge in [0.05, 0.1) is 23.2 Å². The van der Waals surface area contributed by atoms with E-state index in [2.05, 4.69) is 5.32 Å². The van der Waals surface area contributed by atoms with Gasteiger partial charge in [-0.2, -0.15) is 0 Å². The minimum atomic E-state index is -0.259. The van der Waals surface area contributed by atoms with E-state index in [4.69, 9.17) is 10.2 Å². The molecule has 0 atom stereocenters. The van der Waals surface area contributed by atoms with Crippen LogP contribution in [0.1, 0.15) is 24.8 Å². The van der Waals surface area contributed by atoms with Crippen LogP contribution in [0.25, 0.3) is 33.4 Å². The molecule has 1 saturated carbocycles. The minimum Gasteiger partial charge on any atom is -0.453 e. The van der Waals surface area contributed by atoms with Gasteiger partial charge in [-0.05, 0) is 42.5 Å². The summed E-state index contributed by atoms with van der Waals surface area (Å²) in [6, 6.07) is 23.3. The van der Waals surface area contributed by atoms with Crippen molar-refractivity contribution >= 4 is 22.6 Å². The van der Waals surface area contributed by atoms with E-state index in [-0.39, 0.29) is 23.4 Å². The molecule has 1 amide bonds. The zero-order valence-electron chi connectivity index (χ0n) is 19.4. The molecule has 35 heavy (non-hydrogen) atoms. The van der Waals surface area contributed by atoms with Crippen molar-refractivity contribution in [2.45, 2.75) is 24.8 Å². The Morgan fingerprint density at radius 3 is 2.34 bits per heavy atom. The van der Waals surface area contributed by atoms with E-state index in [0.717, 1.165) is 41.6 Å². The predicted octanol–water partition coefficient (Wildman–Crippen LogP) is 4.40. The Kier molecular flexibility index (Phi) is 5.19. The first-order valence-corrected chi connectivity index (χ1v) is 12.1. The lowest BCUT2D eigenvalue weighted by Gasteiger charge is -2.38. The number of benzene rings is 3.